The minimum Gasteiger partial charge on any atom is -0.480 e. The summed E-state index contributed by atoms with van der Waals surface area (Å²) in [6, 6.07) is 5.39. The smallest absolute Gasteiger partial charge is 0.328 e. The summed E-state index contributed by atoms with van der Waals surface area (Å²) in [7, 11) is 1.74. The molecule has 1 aliphatic rings. The van der Waals surface area contributed by atoms with Crippen LogP contribution in [0.5, 0.6) is 11.5 Å². The van der Waals surface area contributed by atoms with Crippen molar-refractivity contribution in [2.75, 3.05) is 18.7 Å². The van der Waals surface area contributed by atoms with Gasteiger partial charge in [0.15, 0.2) is 11.5 Å². The number of rotatable bonds is 3. The maximum atomic E-state index is 11.2. The predicted molar refractivity (Wildman–Crippen MR) is 62.7 cm³/mol. The van der Waals surface area contributed by atoms with Gasteiger partial charge in [-0.05, 0) is 26.0 Å². The van der Waals surface area contributed by atoms with Gasteiger partial charge in [0.2, 0.25) is 6.79 Å². The number of aliphatic carboxylic acids is 1. The SMILES string of the molecule is CN(c1ccc2c(c1)OCO2)C(C)(C)C(=O)O. The Morgan fingerprint density at radius 2 is 2.00 bits per heavy atom. The van der Waals surface area contributed by atoms with Crippen LogP contribution in [0.25, 0.3) is 0 Å². The minimum absolute atomic E-state index is 0.213. The first kappa shape index (κ1) is 11.6. The van der Waals surface area contributed by atoms with Crippen LogP contribution >= 0.6 is 0 Å². The third-order valence-corrected chi connectivity index (χ3v) is 3.11. The van der Waals surface area contributed by atoms with Crippen LogP contribution in [0.3, 0.4) is 0 Å². The van der Waals surface area contributed by atoms with E-state index in [0.717, 1.165) is 5.69 Å². The zero-order valence-corrected chi connectivity index (χ0v) is 10.1. The summed E-state index contributed by atoms with van der Waals surface area (Å²) >= 11 is 0. The average Bonchev–Trinajstić information content (AvgIpc) is 2.74. The highest BCUT2D eigenvalue weighted by Gasteiger charge is 2.32. The van der Waals surface area contributed by atoms with E-state index in [4.69, 9.17) is 14.6 Å². The zero-order valence-electron chi connectivity index (χ0n) is 10.1. The lowest BCUT2D eigenvalue weighted by atomic mass is 10.0. The van der Waals surface area contributed by atoms with Gasteiger partial charge in [0.1, 0.15) is 5.54 Å². The molecule has 0 saturated heterocycles. The van der Waals surface area contributed by atoms with Gasteiger partial charge in [0.05, 0.1) is 0 Å². The first-order valence-corrected chi connectivity index (χ1v) is 5.30. The predicted octanol–water partition coefficient (Wildman–Crippen LogP) is 1.71. The normalized spacial score (nSPS) is 13.6. The van der Waals surface area contributed by atoms with Crippen LogP contribution < -0.4 is 14.4 Å². The molecule has 1 N–H and O–H groups in total. The number of nitrogens with zero attached hydrogens (tertiary/aromatic N) is 1. The molecule has 0 aliphatic carbocycles. The topological polar surface area (TPSA) is 59.0 Å². The molecule has 5 heteroatoms. The summed E-state index contributed by atoms with van der Waals surface area (Å²) in [5.41, 5.74) is -0.199. The first-order chi connectivity index (χ1) is 7.93. The highest BCUT2D eigenvalue weighted by atomic mass is 16.7. The summed E-state index contributed by atoms with van der Waals surface area (Å²) in [6.07, 6.45) is 0. The molecule has 0 saturated carbocycles. The number of carbonyl (C=O) groups is 1. The van der Waals surface area contributed by atoms with E-state index >= 15 is 0 Å². The maximum Gasteiger partial charge on any atom is 0.328 e. The van der Waals surface area contributed by atoms with Crippen molar-refractivity contribution in [3.05, 3.63) is 18.2 Å². The molecule has 5 nitrogen and oxygen atoms in total. The van der Waals surface area contributed by atoms with Crippen LogP contribution in [0, 0.1) is 0 Å². The summed E-state index contributed by atoms with van der Waals surface area (Å²) in [5, 5.41) is 9.17. The van der Waals surface area contributed by atoms with Gasteiger partial charge in [-0.15, -0.1) is 0 Å². The monoisotopic (exact) mass is 237 g/mol. The summed E-state index contributed by atoms with van der Waals surface area (Å²) in [4.78, 5) is 12.9. The van der Waals surface area contributed by atoms with Crippen molar-refractivity contribution >= 4 is 11.7 Å². The molecule has 2 rings (SSSR count). The second kappa shape index (κ2) is 3.84. The van der Waals surface area contributed by atoms with E-state index in [1.54, 1.807) is 37.9 Å². The molecule has 0 atom stereocenters. The van der Waals surface area contributed by atoms with Crippen molar-refractivity contribution in [3.63, 3.8) is 0 Å². The van der Waals surface area contributed by atoms with E-state index in [9.17, 15) is 4.79 Å². The lowest BCUT2D eigenvalue weighted by Crippen LogP contribution is -2.48. The lowest BCUT2D eigenvalue weighted by Gasteiger charge is -2.33. The Morgan fingerprint density at radius 1 is 1.35 bits per heavy atom. The van der Waals surface area contributed by atoms with Crippen LogP contribution in [-0.4, -0.2) is 30.5 Å². The Morgan fingerprint density at radius 3 is 2.65 bits per heavy atom. The number of anilines is 1. The van der Waals surface area contributed by atoms with E-state index in [0.29, 0.717) is 11.5 Å². The van der Waals surface area contributed by atoms with Crippen LogP contribution in [-0.2, 0) is 4.79 Å². The number of likely N-dealkylation sites (N-methyl/N-ethyl adjacent to an activating group) is 1. The third kappa shape index (κ3) is 1.88. The number of benzene rings is 1. The Labute approximate surface area is 99.6 Å². The second-order valence-corrected chi connectivity index (χ2v) is 4.46. The fourth-order valence-electron chi connectivity index (χ4n) is 1.56. The zero-order chi connectivity index (χ0) is 12.6. The summed E-state index contributed by atoms with van der Waals surface area (Å²) < 4.78 is 10.5. The standard InChI is InChI=1S/C12H15NO4/c1-12(2,11(14)15)13(3)8-4-5-9-10(6-8)17-7-16-9/h4-6H,7H2,1-3H3,(H,14,15). The van der Waals surface area contributed by atoms with Gasteiger partial charge >= 0.3 is 5.97 Å². The number of fused-ring (bicyclic) bond motifs is 1. The molecule has 0 spiro atoms. The average molecular weight is 237 g/mol. The summed E-state index contributed by atoms with van der Waals surface area (Å²) in [5.74, 6) is 0.462. The Bertz CT molecular complexity index is 456. The molecule has 0 fully saturated rings. The molecule has 1 aromatic rings. The molecule has 0 amide bonds. The molecule has 0 bridgehead atoms. The first-order valence-electron chi connectivity index (χ1n) is 5.30. The fraction of sp³-hybridized carbons (Fsp3) is 0.417. The van der Waals surface area contributed by atoms with Crippen molar-refractivity contribution in [3.8, 4) is 11.5 Å². The van der Waals surface area contributed by atoms with E-state index < -0.39 is 11.5 Å². The molecular formula is C12H15NO4. The number of hydrogen-bond acceptors (Lipinski definition) is 4. The molecule has 17 heavy (non-hydrogen) atoms. The van der Waals surface area contributed by atoms with Gasteiger partial charge in [-0.3, -0.25) is 0 Å². The van der Waals surface area contributed by atoms with Gasteiger partial charge in [-0.2, -0.15) is 0 Å². The molecular weight excluding hydrogens is 222 g/mol. The van der Waals surface area contributed by atoms with E-state index in [1.165, 1.54) is 0 Å². The van der Waals surface area contributed by atoms with Gasteiger partial charge in [-0.25, -0.2) is 4.79 Å². The van der Waals surface area contributed by atoms with E-state index in [1.807, 2.05) is 6.07 Å². The van der Waals surface area contributed by atoms with Crippen molar-refractivity contribution in [1.82, 2.24) is 0 Å². The van der Waals surface area contributed by atoms with Crippen LogP contribution in [0.4, 0.5) is 5.69 Å². The lowest BCUT2D eigenvalue weighted by molar-refractivity contribution is -0.142. The van der Waals surface area contributed by atoms with E-state index in [-0.39, 0.29) is 6.79 Å². The van der Waals surface area contributed by atoms with Crippen molar-refractivity contribution in [2.45, 2.75) is 19.4 Å². The number of carboxylic acid groups (broad SMARTS) is 1. The van der Waals surface area contributed by atoms with Crippen LogP contribution in [0.1, 0.15) is 13.8 Å². The fourth-order valence-corrected chi connectivity index (χ4v) is 1.56. The second-order valence-electron chi connectivity index (χ2n) is 4.46. The van der Waals surface area contributed by atoms with Crippen molar-refractivity contribution in [2.24, 2.45) is 0 Å². The Kier molecular flexibility index (Phi) is 2.61. The molecule has 1 aromatic carbocycles. The van der Waals surface area contributed by atoms with Crippen LogP contribution in [0.15, 0.2) is 18.2 Å². The number of carboxylic acids is 1. The maximum absolute atomic E-state index is 11.2. The molecule has 0 unspecified atom stereocenters. The Balaban J connectivity index is 2.32. The number of hydrogen-bond donors (Lipinski definition) is 1. The minimum atomic E-state index is -0.978. The molecule has 1 heterocycles. The largest absolute Gasteiger partial charge is 0.480 e. The van der Waals surface area contributed by atoms with E-state index in [2.05, 4.69) is 0 Å². The molecule has 0 aromatic heterocycles. The number of ether oxygens (including phenoxy) is 2. The van der Waals surface area contributed by atoms with Gasteiger partial charge < -0.3 is 19.5 Å². The quantitative estimate of drug-likeness (QED) is 0.867. The van der Waals surface area contributed by atoms with Crippen LogP contribution in [0.2, 0.25) is 0 Å². The molecule has 1 aliphatic heterocycles. The third-order valence-electron chi connectivity index (χ3n) is 3.11. The Hall–Kier alpha value is -1.91. The van der Waals surface area contributed by atoms with Crippen molar-refractivity contribution in [1.29, 1.82) is 0 Å². The van der Waals surface area contributed by atoms with Crippen molar-refractivity contribution < 1.29 is 19.4 Å². The van der Waals surface area contributed by atoms with Gasteiger partial charge in [0, 0.05) is 18.8 Å². The molecule has 92 valence electrons. The highest BCUT2D eigenvalue weighted by Crippen LogP contribution is 2.36. The van der Waals surface area contributed by atoms with Gasteiger partial charge in [-0.1, -0.05) is 0 Å². The van der Waals surface area contributed by atoms with Gasteiger partial charge in [0.25, 0.3) is 0 Å². The highest BCUT2D eigenvalue weighted by molar-refractivity contribution is 5.82. The molecule has 0 radical (unpaired) electrons. The summed E-state index contributed by atoms with van der Waals surface area (Å²) in [6.45, 7) is 3.52.